The molecule has 17 heavy (non-hydrogen) atoms. The normalized spacial score (nSPS) is 12.3. The second-order valence-electron chi connectivity index (χ2n) is 4.14. The molecule has 2 rings (SSSR count). The van der Waals surface area contributed by atoms with Crippen LogP contribution in [0.25, 0.3) is 0 Å². The van der Waals surface area contributed by atoms with E-state index >= 15 is 0 Å². The van der Waals surface area contributed by atoms with E-state index in [0.717, 1.165) is 30.0 Å². The van der Waals surface area contributed by atoms with E-state index in [0.29, 0.717) is 6.04 Å². The molecule has 0 aliphatic carbocycles. The molecule has 1 unspecified atom stereocenters. The third-order valence-electron chi connectivity index (χ3n) is 2.86. The molecule has 90 valence electrons. The monoisotopic (exact) mass is 231 g/mol. The lowest BCUT2D eigenvalue weighted by atomic mass is 10.1. The zero-order valence-electron chi connectivity index (χ0n) is 10.0. The highest BCUT2D eigenvalue weighted by Gasteiger charge is 2.12. The summed E-state index contributed by atoms with van der Waals surface area (Å²) >= 11 is 0. The summed E-state index contributed by atoms with van der Waals surface area (Å²) in [7, 11) is 0. The van der Waals surface area contributed by atoms with Crippen molar-refractivity contribution in [2.45, 2.75) is 25.8 Å². The van der Waals surface area contributed by atoms with Gasteiger partial charge in [-0.25, -0.2) is 9.97 Å². The van der Waals surface area contributed by atoms with E-state index in [1.807, 2.05) is 36.7 Å². The van der Waals surface area contributed by atoms with Crippen LogP contribution in [0.4, 0.5) is 11.4 Å². The highest BCUT2D eigenvalue weighted by Crippen LogP contribution is 2.19. The molecule has 0 fully saturated rings. The van der Waals surface area contributed by atoms with Gasteiger partial charge in [-0.15, -0.1) is 0 Å². The summed E-state index contributed by atoms with van der Waals surface area (Å²) in [4.78, 5) is 6.35. The maximum atomic E-state index is 5.92. The molecule has 1 atom stereocenters. The molecule has 0 amide bonds. The predicted octanol–water partition coefficient (Wildman–Crippen LogP) is 1.84. The van der Waals surface area contributed by atoms with Gasteiger partial charge in [0.2, 0.25) is 0 Å². The lowest BCUT2D eigenvalue weighted by molar-refractivity contribution is -0.388. The average molecular weight is 231 g/mol. The number of hydrogen-bond donors (Lipinski definition) is 3. The van der Waals surface area contributed by atoms with Crippen LogP contribution < -0.4 is 16.0 Å². The Morgan fingerprint density at radius 1 is 1.41 bits per heavy atom. The first-order chi connectivity index (χ1) is 8.29. The number of aromatic amines is 2. The fourth-order valence-electron chi connectivity index (χ4n) is 1.84. The molecule has 0 spiro atoms. The zero-order chi connectivity index (χ0) is 12.1. The van der Waals surface area contributed by atoms with Gasteiger partial charge in [-0.2, -0.15) is 0 Å². The molecule has 1 aromatic heterocycles. The van der Waals surface area contributed by atoms with E-state index in [-0.39, 0.29) is 0 Å². The molecule has 0 saturated carbocycles. The Balaban J connectivity index is 2.03. The standard InChI is InChI=1S/C13H18N4/c1-2-10(9-13-15-7-8-16-13)17-12-6-4-3-5-11(12)14/h3-8,10,17H,2,9,14H2,1H3,(H,15,16)/p+1. The van der Waals surface area contributed by atoms with Crippen molar-refractivity contribution in [3.05, 3.63) is 42.5 Å². The first kappa shape index (κ1) is 11.5. The summed E-state index contributed by atoms with van der Waals surface area (Å²) in [5.41, 5.74) is 7.72. The molecule has 5 N–H and O–H groups in total. The Hall–Kier alpha value is -1.97. The van der Waals surface area contributed by atoms with Crippen molar-refractivity contribution in [1.82, 2.24) is 4.98 Å². The van der Waals surface area contributed by atoms with Gasteiger partial charge in [0.25, 0.3) is 5.82 Å². The van der Waals surface area contributed by atoms with Crippen molar-refractivity contribution < 1.29 is 4.98 Å². The maximum absolute atomic E-state index is 5.92. The molecule has 0 bridgehead atoms. The van der Waals surface area contributed by atoms with E-state index in [9.17, 15) is 0 Å². The number of imidazole rings is 1. The van der Waals surface area contributed by atoms with Crippen molar-refractivity contribution >= 4 is 11.4 Å². The van der Waals surface area contributed by atoms with Crippen LogP contribution in [0.15, 0.2) is 36.7 Å². The van der Waals surface area contributed by atoms with E-state index in [1.54, 1.807) is 0 Å². The molecule has 4 nitrogen and oxygen atoms in total. The number of anilines is 2. The van der Waals surface area contributed by atoms with Crippen LogP contribution in [0.2, 0.25) is 0 Å². The molecule has 1 heterocycles. The summed E-state index contributed by atoms with van der Waals surface area (Å²) in [5, 5.41) is 3.47. The second-order valence-corrected chi connectivity index (χ2v) is 4.14. The number of H-pyrrole nitrogens is 2. The van der Waals surface area contributed by atoms with Gasteiger partial charge < -0.3 is 11.1 Å². The number of aromatic nitrogens is 2. The van der Waals surface area contributed by atoms with Crippen molar-refractivity contribution in [3.8, 4) is 0 Å². The Labute approximate surface area is 101 Å². The van der Waals surface area contributed by atoms with Crippen LogP contribution >= 0.6 is 0 Å². The number of benzene rings is 1. The lowest BCUT2D eigenvalue weighted by Crippen LogP contribution is -2.25. The Bertz CT molecular complexity index is 450. The second kappa shape index (κ2) is 5.39. The molecular formula is C13H19N4+. The smallest absolute Gasteiger partial charge is 0.254 e. The quantitative estimate of drug-likeness (QED) is 0.687. The maximum Gasteiger partial charge on any atom is 0.254 e. The van der Waals surface area contributed by atoms with Crippen molar-refractivity contribution in [2.75, 3.05) is 11.1 Å². The van der Waals surface area contributed by atoms with Crippen LogP contribution in [0, 0.1) is 0 Å². The van der Waals surface area contributed by atoms with Gasteiger partial charge in [-0.3, -0.25) is 0 Å². The fraction of sp³-hybridized carbons (Fsp3) is 0.308. The van der Waals surface area contributed by atoms with Gasteiger partial charge in [-0.05, 0) is 18.6 Å². The van der Waals surface area contributed by atoms with Gasteiger partial charge in [0.05, 0.1) is 17.8 Å². The summed E-state index contributed by atoms with van der Waals surface area (Å²) < 4.78 is 0. The van der Waals surface area contributed by atoms with E-state index in [2.05, 4.69) is 22.2 Å². The summed E-state index contributed by atoms with van der Waals surface area (Å²) in [6.07, 6.45) is 5.77. The van der Waals surface area contributed by atoms with E-state index in [4.69, 9.17) is 5.73 Å². The molecule has 1 aromatic carbocycles. The van der Waals surface area contributed by atoms with Gasteiger partial charge in [0.15, 0.2) is 0 Å². The largest absolute Gasteiger partial charge is 0.397 e. The average Bonchev–Trinajstić information content (AvgIpc) is 2.84. The number of hydrogen-bond acceptors (Lipinski definition) is 2. The van der Waals surface area contributed by atoms with Gasteiger partial charge in [0, 0.05) is 6.04 Å². The third-order valence-corrected chi connectivity index (χ3v) is 2.86. The molecule has 0 saturated heterocycles. The Kier molecular flexibility index (Phi) is 3.65. The molecule has 0 aliphatic rings. The minimum Gasteiger partial charge on any atom is -0.397 e. The van der Waals surface area contributed by atoms with Crippen LogP contribution in [0.5, 0.6) is 0 Å². The van der Waals surface area contributed by atoms with Crippen LogP contribution in [0.1, 0.15) is 19.2 Å². The van der Waals surface area contributed by atoms with Crippen LogP contribution in [-0.2, 0) is 6.42 Å². The first-order valence-corrected chi connectivity index (χ1v) is 5.94. The Morgan fingerprint density at radius 3 is 2.88 bits per heavy atom. The topological polar surface area (TPSA) is 68.0 Å². The Morgan fingerprint density at radius 2 is 2.24 bits per heavy atom. The van der Waals surface area contributed by atoms with Crippen LogP contribution in [0.3, 0.4) is 0 Å². The highest BCUT2D eigenvalue weighted by molar-refractivity contribution is 5.65. The number of para-hydroxylation sites is 2. The van der Waals surface area contributed by atoms with Crippen molar-refractivity contribution in [1.29, 1.82) is 0 Å². The van der Waals surface area contributed by atoms with Crippen LogP contribution in [-0.4, -0.2) is 11.0 Å². The van der Waals surface area contributed by atoms with E-state index in [1.165, 1.54) is 0 Å². The van der Waals surface area contributed by atoms with Gasteiger partial charge >= 0.3 is 0 Å². The lowest BCUT2D eigenvalue weighted by Gasteiger charge is -2.17. The minimum atomic E-state index is 0.370. The van der Waals surface area contributed by atoms with Gasteiger partial charge in [-0.1, -0.05) is 19.1 Å². The summed E-state index contributed by atoms with van der Waals surface area (Å²) in [6.45, 7) is 2.17. The van der Waals surface area contributed by atoms with Gasteiger partial charge in [0.1, 0.15) is 12.4 Å². The van der Waals surface area contributed by atoms with Crippen molar-refractivity contribution in [2.24, 2.45) is 0 Å². The van der Waals surface area contributed by atoms with Crippen molar-refractivity contribution in [3.63, 3.8) is 0 Å². The molecule has 2 aromatic rings. The summed E-state index contributed by atoms with van der Waals surface area (Å²) in [5.74, 6) is 1.12. The molecule has 0 aliphatic heterocycles. The zero-order valence-corrected chi connectivity index (χ0v) is 10.0. The number of rotatable bonds is 5. The highest BCUT2D eigenvalue weighted by atomic mass is 15.0. The number of nitrogens with one attached hydrogen (secondary N) is 3. The third kappa shape index (κ3) is 3.00. The molecule has 0 radical (unpaired) electrons. The SMILES string of the molecule is CCC(Cc1[nH]cc[nH+]1)Nc1ccccc1N. The van der Waals surface area contributed by atoms with E-state index < -0.39 is 0 Å². The minimum absolute atomic E-state index is 0.370. The number of nitrogens with two attached hydrogens (primary N) is 1. The number of nitrogen functional groups attached to an aromatic ring is 1. The molecule has 4 heteroatoms. The molecular weight excluding hydrogens is 212 g/mol. The first-order valence-electron chi connectivity index (χ1n) is 5.94. The fourth-order valence-corrected chi connectivity index (χ4v) is 1.84. The predicted molar refractivity (Wildman–Crippen MR) is 69.6 cm³/mol. The summed E-state index contributed by atoms with van der Waals surface area (Å²) in [6, 6.07) is 8.23.